The third kappa shape index (κ3) is 2.22. The summed E-state index contributed by atoms with van der Waals surface area (Å²) in [4.78, 5) is 10.9. The summed E-state index contributed by atoms with van der Waals surface area (Å²) in [5, 5.41) is 20.5. The summed E-state index contributed by atoms with van der Waals surface area (Å²) in [6.45, 7) is 0. The van der Waals surface area contributed by atoms with Crippen molar-refractivity contribution in [1.82, 2.24) is 20.0 Å². The van der Waals surface area contributed by atoms with Gasteiger partial charge in [-0.2, -0.15) is 5.10 Å². The molecule has 84 valence electrons. The Morgan fingerprint density at radius 2 is 2.50 bits per heavy atom. The Morgan fingerprint density at radius 3 is 3.12 bits per heavy atom. The minimum atomic E-state index is -0.957. The number of aryl methyl sites for hydroxylation is 1. The van der Waals surface area contributed by atoms with Crippen LogP contribution in [0, 0.1) is 0 Å². The maximum absolute atomic E-state index is 10.9. The van der Waals surface area contributed by atoms with Gasteiger partial charge in [-0.25, -0.2) is 4.79 Å². The molecule has 0 bridgehead atoms. The number of rotatable bonds is 4. The zero-order valence-electron chi connectivity index (χ0n) is 8.32. The summed E-state index contributed by atoms with van der Waals surface area (Å²) in [6.07, 6.45) is 1.36. The Morgan fingerprint density at radius 1 is 1.69 bits per heavy atom. The number of nitrogens with zero attached hydrogens (tertiary/aromatic N) is 4. The fourth-order valence-corrected chi connectivity index (χ4v) is 2.73. The van der Waals surface area contributed by atoms with Crippen molar-refractivity contribution in [3.05, 3.63) is 23.0 Å². The van der Waals surface area contributed by atoms with Gasteiger partial charge in [0.15, 0.2) is 4.34 Å². The van der Waals surface area contributed by atoms with Crippen molar-refractivity contribution in [2.24, 2.45) is 7.05 Å². The maximum Gasteiger partial charge on any atom is 0.339 e. The molecule has 0 aliphatic rings. The smallest absolute Gasteiger partial charge is 0.339 e. The molecule has 6 nitrogen and oxygen atoms in total. The molecule has 2 aromatic rings. The first-order valence-electron chi connectivity index (χ1n) is 4.31. The Bertz CT molecular complexity index is 494. The average molecular weight is 256 g/mol. The monoisotopic (exact) mass is 256 g/mol. The van der Waals surface area contributed by atoms with Gasteiger partial charge in [0.05, 0.1) is 11.9 Å². The van der Waals surface area contributed by atoms with Crippen molar-refractivity contribution < 1.29 is 9.90 Å². The van der Waals surface area contributed by atoms with E-state index in [9.17, 15) is 4.79 Å². The van der Waals surface area contributed by atoms with E-state index in [0.717, 1.165) is 4.34 Å². The number of hydrogen-bond acceptors (Lipinski definition) is 6. The van der Waals surface area contributed by atoms with Crippen molar-refractivity contribution in [3.63, 3.8) is 0 Å². The molecule has 0 spiro atoms. The number of thioether (sulfide) groups is 1. The van der Waals surface area contributed by atoms with Gasteiger partial charge in [0.2, 0.25) is 0 Å². The molecule has 2 heterocycles. The SMILES string of the molecule is Cn1ncc(C(=O)O)c1CSc1nncs1. The van der Waals surface area contributed by atoms with Gasteiger partial charge in [0.25, 0.3) is 0 Å². The minimum Gasteiger partial charge on any atom is -0.478 e. The van der Waals surface area contributed by atoms with Crippen molar-refractivity contribution >= 4 is 29.1 Å². The van der Waals surface area contributed by atoms with Gasteiger partial charge in [-0.3, -0.25) is 4.68 Å². The number of carbonyl (C=O) groups is 1. The van der Waals surface area contributed by atoms with Crippen LogP contribution in [0.4, 0.5) is 0 Å². The van der Waals surface area contributed by atoms with Crippen molar-refractivity contribution in [2.45, 2.75) is 10.1 Å². The van der Waals surface area contributed by atoms with E-state index in [4.69, 9.17) is 5.11 Å². The number of aromatic carboxylic acids is 1. The number of hydrogen-bond donors (Lipinski definition) is 1. The van der Waals surface area contributed by atoms with Crippen LogP contribution in [0.2, 0.25) is 0 Å². The zero-order chi connectivity index (χ0) is 11.5. The predicted octanol–water partition coefficient (Wildman–Crippen LogP) is 1.26. The van der Waals surface area contributed by atoms with Crippen LogP contribution in [-0.2, 0) is 12.8 Å². The lowest BCUT2D eigenvalue weighted by molar-refractivity contribution is 0.0696. The van der Waals surface area contributed by atoms with E-state index in [1.54, 1.807) is 17.2 Å². The third-order valence-corrected chi connectivity index (χ3v) is 3.84. The van der Waals surface area contributed by atoms with Crippen LogP contribution >= 0.6 is 23.1 Å². The normalized spacial score (nSPS) is 10.6. The molecule has 0 saturated heterocycles. The topological polar surface area (TPSA) is 80.9 Å². The molecule has 0 amide bonds. The van der Waals surface area contributed by atoms with Crippen LogP contribution in [0.3, 0.4) is 0 Å². The predicted molar refractivity (Wildman–Crippen MR) is 59.6 cm³/mol. The van der Waals surface area contributed by atoms with E-state index in [0.29, 0.717) is 11.4 Å². The first-order valence-corrected chi connectivity index (χ1v) is 6.18. The second-order valence-corrected chi connectivity index (χ2v) is 4.98. The average Bonchev–Trinajstić information content (AvgIpc) is 2.84. The van der Waals surface area contributed by atoms with Crippen molar-refractivity contribution in [1.29, 1.82) is 0 Å². The van der Waals surface area contributed by atoms with E-state index in [-0.39, 0.29) is 5.56 Å². The van der Waals surface area contributed by atoms with Crippen LogP contribution in [0.15, 0.2) is 16.0 Å². The number of carboxylic acid groups (broad SMARTS) is 1. The van der Waals surface area contributed by atoms with Gasteiger partial charge in [0, 0.05) is 12.8 Å². The van der Waals surface area contributed by atoms with Gasteiger partial charge >= 0.3 is 5.97 Å². The Kier molecular flexibility index (Phi) is 3.20. The molecule has 0 aliphatic carbocycles. The Balaban J connectivity index is 2.14. The fraction of sp³-hybridized carbons (Fsp3) is 0.250. The van der Waals surface area contributed by atoms with Crippen LogP contribution in [-0.4, -0.2) is 31.1 Å². The lowest BCUT2D eigenvalue weighted by Crippen LogP contribution is -2.03. The molecule has 2 aromatic heterocycles. The van der Waals surface area contributed by atoms with E-state index < -0.39 is 5.97 Å². The third-order valence-electron chi connectivity index (χ3n) is 1.96. The molecule has 0 aliphatic heterocycles. The first kappa shape index (κ1) is 11.1. The van der Waals surface area contributed by atoms with Crippen LogP contribution in [0.25, 0.3) is 0 Å². The minimum absolute atomic E-state index is 0.236. The molecule has 8 heteroatoms. The molecule has 0 unspecified atom stereocenters. The summed E-state index contributed by atoms with van der Waals surface area (Å²) < 4.78 is 2.38. The summed E-state index contributed by atoms with van der Waals surface area (Å²) in [5.74, 6) is -0.436. The lowest BCUT2D eigenvalue weighted by atomic mass is 10.3. The Hall–Kier alpha value is -1.41. The van der Waals surface area contributed by atoms with Crippen LogP contribution < -0.4 is 0 Å². The zero-order valence-corrected chi connectivity index (χ0v) is 9.96. The second kappa shape index (κ2) is 4.62. The summed E-state index contributed by atoms with van der Waals surface area (Å²) in [7, 11) is 1.72. The highest BCUT2D eigenvalue weighted by Gasteiger charge is 2.15. The molecule has 16 heavy (non-hydrogen) atoms. The molecule has 0 radical (unpaired) electrons. The van der Waals surface area contributed by atoms with E-state index in [2.05, 4.69) is 15.3 Å². The largest absolute Gasteiger partial charge is 0.478 e. The highest BCUT2D eigenvalue weighted by atomic mass is 32.2. The second-order valence-electron chi connectivity index (χ2n) is 2.93. The number of aromatic nitrogens is 4. The molecule has 0 atom stereocenters. The standard InChI is InChI=1S/C8H8N4O2S2/c1-12-6(5(2-10-12)7(13)14)3-15-8-11-9-4-16-8/h2,4H,3H2,1H3,(H,13,14). The lowest BCUT2D eigenvalue weighted by Gasteiger charge is -2.01. The molecular weight excluding hydrogens is 248 g/mol. The molecule has 0 fully saturated rings. The van der Waals surface area contributed by atoms with Crippen molar-refractivity contribution in [2.75, 3.05) is 0 Å². The summed E-state index contributed by atoms with van der Waals surface area (Å²) >= 11 is 2.88. The van der Waals surface area contributed by atoms with Gasteiger partial charge in [-0.15, -0.1) is 10.2 Å². The van der Waals surface area contributed by atoms with Crippen molar-refractivity contribution in [3.8, 4) is 0 Å². The Labute approximate surface area is 99.3 Å². The van der Waals surface area contributed by atoms with E-state index in [1.165, 1.54) is 29.3 Å². The van der Waals surface area contributed by atoms with Crippen LogP contribution in [0.1, 0.15) is 16.1 Å². The van der Waals surface area contributed by atoms with Gasteiger partial charge in [0.1, 0.15) is 11.1 Å². The summed E-state index contributed by atoms with van der Waals surface area (Å²) in [5.41, 5.74) is 2.55. The number of carboxylic acids is 1. The van der Waals surface area contributed by atoms with E-state index in [1.807, 2.05) is 0 Å². The molecule has 0 saturated carbocycles. The van der Waals surface area contributed by atoms with E-state index >= 15 is 0 Å². The molecule has 1 N–H and O–H groups in total. The van der Waals surface area contributed by atoms with Gasteiger partial charge in [-0.05, 0) is 0 Å². The van der Waals surface area contributed by atoms with Gasteiger partial charge in [-0.1, -0.05) is 23.1 Å². The molecular formula is C8H8N4O2S2. The molecule has 2 rings (SSSR count). The molecule has 0 aromatic carbocycles. The highest BCUT2D eigenvalue weighted by Crippen LogP contribution is 2.24. The quantitative estimate of drug-likeness (QED) is 0.829. The summed E-state index contributed by atoms with van der Waals surface area (Å²) in [6, 6.07) is 0. The first-order chi connectivity index (χ1) is 7.68. The fourth-order valence-electron chi connectivity index (χ4n) is 1.17. The highest BCUT2D eigenvalue weighted by molar-refractivity contribution is 8.00. The van der Waals surface area contributed by atoms with Gasteiger partial charge < -0.3 is 5.11 Å². The van der Waals surface area contributed by atoms with Crippen LogP contribution in [0.5, 0.6) is 0 Å². The maximum atomic E-state index is 10.9.